The summed E-state index contributed by atoms with van der Waals surface area (Å²) in [6.07, 6.45) is 0. The average molecular weight is 332 g/mol. The van der Waals surface area contributed by atoms with Crippen LogP contribution in [-0.2, 0) is 4.79 Å². The van der Waals surface area contributed by atoms with Gasteiger partial charge in [-0.1, -0.05) is 42.5 Å². The average Bonchev–Trinajstić information content (AvgIpc) is 2.59. The Kier molecular flexibility index (Phi) is 4.57. The maximum absolute atomic E-state index is 12.0. The first kappa shape index (κ1) is 16.8. The molecular weight excluding hydrogens is 312 g/mol. The Morgan fingerprint density at radius 2 is 1.68 bits per heavy atom. The maximum Gasteiger partial charge on any atom is 0.338 e. The standard InChI is InChI=1S/C22H20O3/c1-14(2)22(23)25-21-16(4)13-20(24-17-8-6-5-7-9-17)19-12-15(3)10-11-18(19)21/h5-13H,1H2,2-4H3. The predicted octanol–water partition coefficient (Wildman–Crippen LogP) is 5.73. The number of rotatable bonds is 4. The SMILES string of the molecule is C=C(C)C(=O)Oc1c(C)cc(Oc2ccccc2)c2cc(C)ccc12. The van der Waals surface area contributed by atoms with Gasteiger partial charge < -0.3 is 9.47 Å². The molecule has 3 heteroatoms. The van der Waals surface area contributed by atoms with Gasteiger partial charge in [-0.3, -0.25) is 0 Å². The highest BCUT2D eigenvalue weighted by Crippen LogP contribution is 2.39. The van der Waals surface area contributed by atoms with Crippen LogP contribution in [0.3, 0.4) is 0 Å². The second-order valence-corrected chi connectivity index (χ2v) is 6.15. The van der Waals surface area contributed by atoms with Gasteiger partial charge in [0.15, 0.2) is 0 Å². The Balaban J connectivity index is 2.15. The zero-order valence-corrected chi connectivity index (χ0v) is 14.6. The van der Waals surface area contributed by atoms with Crippen molar-refractivity contribution in [2.24, 2.45) is 0 Å². The molecule has 3 rings (SSSR count). The van der Waals surface area contributed by atoms with Crippen molar-refractivity contribution in [2.75, 3.05) is 0 Å². The fraction of sp³-hybridized carbons (Fsp3) is 0.136. The van der Waals surface area contributed by atoms with E-state index >= 15 is 0 Å². The molecule has 0 aliphatic heterocycles. The summed E-state index contributed by atoms with van der Waals surface area (Å²) in [5, 5.41) is 1.74. The first-order valence-corrected chi connectivity index (χ1v) is 8.10. The van der Waals surface area contributed by atoms with E-state index in [1.165, 1.54) is 0 Å². The van der Waals surface area contributed by atoms with Gasteiger partial charge in [-0.2, -0.15) is 0 Å². The van der Waals surface area contributed by atoms with Gasteiger partial charge in [0, 0.05) is 16.3 Å². The third-order valence-corrected chi connectivity index (χ3v) is 3.91. The van der Waals surface area contributed by atoms with Crippen LogP contribution in [0.4, 0.5) is 0 Å². The molecule has 0 N–H and O–H groups in total. The molecule has 0 saturated carbocycles. The molecule has 0 atom stereocenters. The van der Waals surface area contributed by atoms with Gasteiger partial charge >= 0.3 is 5.97 Å². The summed E-state index contributed by atoms with van der Waals surface area (Å²) < 4.78 is 11.6. The van der Waals surface area contributed by atoms with Gasteiger partial charge in [-0.15, -0.1) is 0 Å². The molecule has 0 aromatic heterocycles. The third-order valence-electron chi connectivity index (χ3n) is 3.91. The van der Waals surface area contributed by atoms with E-state index in [0.717, 1.165) is 33.4 Å². The minimum absolute atomic E-state index is 0.365. The second-order valence-electron chi connectivity index (χ2n) is 6.15. The molecule has 0 unspecified atom stereocenters. The van der Waals surface area contributed by atoms with E-state index in [1.54, 1.807) is 6.92 Å². The van der Waals surface area contributed by atoms with Crippen molar-refractivity contribution >= 4 is 16.7 Å². The van der Waals surface area contributed by atoms with E-state index in [0.29, 0.717) is 11.3 Å². The molecule has 0 heterocycles. The lowest BCUT2D eigenvalue weighted by Gasteiger charge is -2.16. The molecule has 126 valence electrons. The lowest BCUT2D eigenvalue weighted by Crippen LogP contribution is -2.09. The molecule has 0 aliphatic carbocycles. The van der Waals surface area contributed by atoms with Crippen molar-refractivity contribution in [3.63, 3.8) is 0 Å². The van der Waals surface area contributed by atoms with Gasteiger partial charge in [-0.05, 0) is 50.6 Å². The molecule has 0 bridgehead atoms. The number of benzene rings is 3. The van der Waals surface area contributed by atoms with Crippen molar-refractivity contribution in [3.05, 3.63) is 77.9 Å². The Morgan fingerprint density at radius 1 is 0.960 bits per heavy atom. The van der Waals surface area contributed by atoms with Crippen molar-refractivity contribution in [1.82, 2.24) is 0 Å². The third kappa shape index (κ3) is 3.56. The van der Waals surface area contributed by atoms with Gasteiger partial charge in [-0.25, -0.2) is 4.79 Å². The highest BCUT2D eigenvalue weighted by Gasteiger charge is 2.16. The Hall–Kier alpha value is -3.07. The van der Waals surface area contributed by atoms with Crippen LogP contribution >= 0.6 is 0 Å². The van der Waals surface area contributed by atoms with Crippen LogP contribution in [0, 0.1) is 13.8 Å². The quantitative estimate of drug-likeness (QED) is 0.348. The number of ether oxygens (including phenoxy) is 2. The summed E-state index contributed by atoms with van der Waals surface area (Å²) in [5.41, 5.74) is 2.30. The summed E-state index contributed by atoms with van der Waals surface area (Å²) in [6, 6.07) is 17.5. The summed E-state index contributed by atoms with van der Waals surface area (Å²) in [4.78, 5) is 12.0. The zero-order chi connectivity index (χ0) is 18.0. The van der Waals surface area contributed by atoms with Crippen molar-refractivity contribution in [3.8, 4) is 17.2 Å². The number of carbonyl (C=O) groups is 1. The van der Waals surface area contributed by atoms with Crippen LogP contribution in [-0.4, -0.2) is 5.97 Å². The minimum Gasteiger partial charge on any atom is -0.457 e. The summed E-state index contributed by atoms with van der Waals surface area (Å²) in [5.74, 6) is 1.61. The molecule has 3 aromatic carbocycles. The van der Waals surface area contributed by atoms with E-state index in [2.05, 4.69) is 6.58 Å². The van der Waals surface area contributed by atoms with Crippen LogP contribution in [0.1, 0.15) is 18.1 Å². The largest absolute Gasteiger partial charge is 0.457 e. The Labute approximate surface area is 147 Å². The molecule has 0 fully saturated rings. The van der Waals surface area contributed by atoms with Crippen molar-refractivity contribution in [2.45, 2.75) is 20.8 Å². The molecule has 25 heavy (non-hydrogen) atoms. The molecule has 3 nitrogen and oxygen atoms in total. The lowest BCUT2D eigenvalue weighted by atomic mass is 10.0. The van der Waals surface area contributed by atoms with Crippen molar-refractivity contribution < 1.29 is 14.3 Å². The molecule has 0 spiro atoms. The lowest BCUT2D eigenvalue weighted by molar-refractivity contribution is -0.130. The van der Waals surface area contributed by atoms with Crippen molar-refractivity contribution in [1.29, 1.82) is 0 Å². The maximum atomic E-state index is 12.0. The van der Waals surface area contributed by atoms with Gasteiger partial charge in [0.05, 0.1) is 0 Å². The molecule has 3 aromatic rings. The topological polar surface area (TPSA) is 35.5 Å². The fourth-order valence-electron chi connectivity index (χ4n) is 2.63. The number of aryl methyl sites for hydroxylation is 2. The molecule has 0 radical (unpaired) electrons. The normalized spacial score (nSPS) is 10.5. The van der Waals surface area contributed by atoms with Crippen LogP contribution < -0.4 is 9.47 Å². The number of carbonyl (C=O) groups excluding carboxylic acids is 1. The molecule has 0 amide bonds. The number of hydrogen-bond acceptors (Lipinski definition) is 3. The van der Waals surface area contributed by atoms with E-state index in [4.69, 9.17) is 9.47 Å². The summed E-state index contributed by atoms with van der Waals surface area (Å²) >= 11 is 0. The highest BCUT2D eigenvalue weighted by molar-refractivity contribution is 5.98. The fourth-order valence-corrected chi connectivity index (χ4v) is 2.63. The van der Waals surface area contributed by atoms with E-state index < -0.39 is 5.97 Å². The summed E-state index contributed by atoms with van der Waals surface area (Å²) in [7, 11) is 0. The first-order chi connectivity index (χ1) is 12.0. The smallest absolute Gasteiger partial charge is 0.338 e. The van der Waals surface area contributed by atoms with E-state index in [-0.39, 0.29) is 0 Å². The Bertz CT molecular complexity index is 956. The molecular formula is C22H20O3. The zero-order valence-electron chi connectivity index (χ0n) is 14.6. The number of esters is 1. The van der Waals surface area contributed by atoms with Gasteiger partial charge in [0.2, 0.25) is 0 Å². The van der Waals surface area contributed by atoms with Crippen LogP contribution in [0.5, 0.6) is 17.2 Å². The van der Waals surface area contributed by atoms with Crippen LogP contribution in [0.25, 0.3) is 10.8 Å². The number of fused-ring (bicyclic) bond motifs is 1. The number of hydrogen-bond donors (Lipinski definition) is 0. The predicted molar refractivity (Wildman–Crippen MR) is 100 cm³/mol. The van der Waals surface area contributed by atoms with Crippen LogP contribution in [0.15, 0.2) is 66.7 Å². The monoisotopic (exact) mass is 332 g/mol. The molecule has 0 saturated heterocycles. The number of para-hydroxylation sites is 1. The first-order valence-electron chi connectivity index (χ1n) is 8.10. The minimum atomic E-state index is -0.429. The summed E-state index contributed by atoms with van der Waals surface area (Å²) in [6.45, 7) is 9.21. The van der Waals surface area contributed by atoms with E-state index in [9.17, 15) is 4.79 Å². The van der Waals surface area contributed by atoms with Gasteiger partial charge in [0.1, 0.15) is 17.2 Å². The van der Waals surface area contributed by atoms with Gasteiger partial charge in [0.25, 0.3) is 0 Å². The van der Waals surface area contributed by atoms with Crippen LogP contribution in [0.2, 0.25) is 0 Å². The highest BCUT2D eigenvalue weighted by atomic mass is 16.5. The second kappa shape index (κ2) is 6.81. The molecule has 0 aliphatic rings. The Morgan fingerprint density at radius 3 is 2.36 bits per heavy atom. The van der Waals surface area contributed by atoms with E-state index in [1.807, 2.05) is 68.4 Å².